The van der Waals surface area contributed by atoms with Crippen LogP contribution in [0.25, 0.3) is 0 Å². The summed E-state index contributed by atoms with van der Waals surface area (Å²) in [5.41, 5.74) is 0.00797. The summed E-state index contributed by atoms with van der Waals surface area (Å²) < 4.78 is 0. The molecule has 0 saturated carbocycles. The van der Waals surface area contributed by atoms with Gasteiger partial charge in [0.05, 0.1) is 5.56 Å². The highest BCUT2D eigenvalue weighted by Gasteiger charge is 2.17. The summed E-state index contributed by atoms with van der Waals surface area (Å²) in [6, 6.07) is 5.73. The molecule has 0 saturated heterocycles. The van der Waals surface area contributed by atoms with E-state index in [0.717, 1.165) is 0 Å². The summed E-state index contributed by atoms with van der Waals surface area (Å²) in [5.74, 6) is -0.626. The molecule has 0 aromatic heterocycles. The first-order valence-electron chi connectivity index (χ1n) is 5.16. The van der Waals surface area contributed by atoms with Gasteiger partial charge >= 0.3 is 13.1 Å². The standard InChI is InChI=1S/C11H15BO5/c1-11(2,3)17-16-10(13)8-4-6-9(7-5-8)12(14)15/h4-7,14-15H,1-3H3. The highest BCUT2D eigenvalue weighted by molar-refractivity contribution is 6.58. The van der Waals surface area contributed by atoms with Crippen molar-refractivity contribution in [2.24, 2.45) is 0 Å². The molecule has 0 fully saturated rings. The van der Waals surface area contributed by atoms with Crippen LogP contribution in [0, 0.1) is 0 Å². The zero-order valence-corrected chi connectivity index (χ0v) is 10.0. The van der Waals surface area contributed by atoms with E-state index in [0.29, 0.717) is 5.46 Å². The van der Waals surface area contributed by atoms with Crippen LogP contribution in [0.3, 0.4) is 0 Å². The average molecular weight is 238 g/mol. The third-order valence-electron chi connectivity index (χ3n) is 1.81. The van der Waals surface area contributed by atoms with Gasteiger partial charge in [0.2, 0.25) is 0 Å². The summed E-state index contributed by atoms with van der Waals surface area (Å²) in [5, 5.41) is 17.8. The van der Waals surface area contributed by atoms with Crippen molar-refractivity contribution in [3.8, 4) is 0 Å². The van der Waals surface area contributed by atoms with Gasteiger partial charge in [0, 0.05) is 0 Å². The van der Waals surface area contributed by atoms with E-state index >= 15 is 0 Å². The second-order valence-corrected chi connectivity index (χ2v) is 4.56. The molecule has 0 heterocycles. The normalized spacial score (nSPS) is 11.1. The van der Waals surface area contributed by atoms with Gasteiger partial charge in [-0.25, -0.2) is 4.79 Å². The van der Waals surface area contributed by atoms with Gasteiger partial charge in [0.1, 0.15) is 5.60 Å². The van der Waals surface area contributed by atoms with Crippen LogP contribution < -0.4 is 5.46 Å². The topological polar surface area (TPSA) is 76.0 Å². The molecule has 5 nitrogen and oxygen atoms in total. The van der Waals surface area contributed by atoms with Crippen LogP contribution in [0.5, 0.6) is 0 Å². The summed E-state index contributed by atoms with van der Waals surface area (Å²) >= 11 is 0. The zero-order valence-electron chi connectivity index (χ0n) is 10.0. The average Bonchev–Trinajstić information content (AvgIpc) is 2.25. The maximum absolute atomic E-state index is 11.5. The van der Waals surface area contributed by atoms with Gasteiger partial charge in [-0.3, -0.25) is 4.89 Å². The monoisotopic (exact) mass is 238 g/mol. The third-order valence-corrected chi connectivity index (χ3v) is 1.81. The van der Waals surface area contributed by atoms with E-state index in [1.54, 1.807) is 20.8 Å². The van der Waals surface area contributed by atoms with Crippen LogP contribution >= 0.6 is 0 Å². The Bertz CT molecular complexity index is 380. The number of hydrogen-bond acceptors (Lipinski definition) is 5. The Labute approximate surface area is 100 Å². The quantitative estimate of drug-likeness (QED) is 0.448. The minimum absolute atomic E-state index is 0.277. The predicted octanol–water partition coefficient (Wildman–Crippen LogP) is 0.253. The van der Waals surface area contributed by atoms with Gasteiger partial charge in [0.25, 0.3) is 0 Å². The molecule has 0 aliphatic heterocycles. The van der Waals surface area contributed by atoms with Crippen LogP contribution in [0.15, 0.2) is 24.3 Å². The first-order valence-corrected chi connectivity index (χ1v) is 5.16. The van der Waals surface area contributed by atoms with Crippen molar-refractivity contribution in [2.75, 3.05) is 0 Å². The number of hydrogen-bond donors (Lipinski definition) is 2. The fourth-order valence-corrected chi connectivity index (χ4v) is 1.00. The Hall–Kier alpha value is -1.37. The van der Waals surface area contributed by atoms with Crippen LogP contribution in [0.2, 0.25) is 0 Å². The maximum Gasteiger partial charge on any atom is 0.488 e. The molecule has 6 heteroatoms. The van der Waals surface area contributed by atoms with E-state index in [1.807, 2.05) is 0 Å². The third kappa shape index (κ3) is 4.56. The van der Waals surface area contributed by atoms with Gasteiger partial charge in [-0.05, 0) is 38.4 Å². The second-order valence-electron chi connectivity index (χ2n) is 4.56. The van der Waals surface area contributed by atoms with E-state index in [4.69, 9.17) is 14.9 Å². The molecule has 92 valence electrons. The molecule has 2 N–H and O–H groups in total. The zero-order chi connectivity index (χ0) is 13.1. The highest BCUT2D eigenvalue weighted by Crippen LogP contribution is 2.09. The van der Waals surface area contributed by atoms with Crippen LogP contribution in [0.4, 0.5) is 0 Å². The lowest BCUT2D eigenvalue weighted by Crippen LogP contribution is -2.29. The molecule has 17 heavy (non-hydrogen) atoms. The minimum atomic E-state index is -1.55. The predicted molar refractivity (Wildman–Crippen MR) is 62.5 cm³/mol. The van der Waals surface area contributed by atoms with Gasteiger partial charge in [-0.1, -0.05) is 12.1 Å². The van der Waals surface area contributed by atoms with Crippen LogP contribution in [-0.2, 0) is 9.78 Å². The van der Waals surface area contributed by atoms with Crippen molar-refractivity contribution in [1.82, 2.24) is 0 Å². The Balaban J connectivity index is 2.64. The molecule has 1 rings (SSSR count). The van der Waals surface area contributed by atoms with Crippen molar-refractivity contribution in [3.05, 3.63) is 29.8 Å². The smallest absolute Gasteiger partial charge is 0.423 e. The largest absolute Gasteiger partial charge is 0.488 e. The molecule has 0 radical (unpaired) electrons. The lowest BCUT2D eigenvalue weighted by molar-refractivity contribution is -0.301. The Morgan fingerprint density at radius 1 is 1.18 bits per heavy atom. The van der Waals surface area contributed by atoms with Crippen LogP contribution in [0.1, 0.15) is 31.1 Å². The molecular weight excluding hydrogens is 223 g/mol. The minimum Gasteiger partial charge on any atom is -0.423 e. The van der Waals surface area contributed by atoms with E-state index in [1.165, 1.54) is 24.3 Å². The van der Waals surface area contributed by atoms with Crippen molar-refractivity contribution < 1.29 is 24.6 Å². The molecule has 1 aromatic rings. The molecule has 0 aliphatic rings. The van der Waals surface area contributed by atoms with Gasteiger partial charge in [-0.2, -0.15) is 4.89 Å². The van der Waals surface area contributed by atoms with E-state index in [-0.39, 0.29) is 5.56 Å². The molecule has 0 spiro atoms. The van der Waals surface area contributed by atoms with Gasteiger partial charge in [-0.15, -0.1) is 0 Å². The van der Waals surface area contributed by atoms with Crippen molar-refractivity contribution >= 4 is 18.6 Å². The molecule has 0 bridgehead atoms. The molecule has 0 aliphatic carbocycles. The van der Waals surface area contributed by atoms with Crippen LogP contribution in [-0.4, -0.2) is 28.7 Å². The van der Waals surface area contributed by atoms with Gasteiger partial charge in [0.15, 0.2) is 0 Å². The Morgan fingerprint density at radius 2 is 1.71 bits per heavy atom. The Kier molecular flexibility index (Phi) is 4.28. The van der Waals surface area contributed by atoms with E-state index < -0.39 is 18.7 Å². The van der Waals surface area contributed by atoms with E-state index in [2.05, 4.69) is 4.89 Å². The molecule has 0 atom stereocenters. The Morgan fingerprint density at radius 3 is 2.12 bits per heavy atom. The number of carbonyl (C=O) groups excluding carboxylic acids is 1. The highest BCUT2D eigenvalue weighted by atomic mass is 17.2. The molecule has 0 unspecified atom stereocenters. The summed E-state index contributed by atoms with van der Waals surface area (Å²) in [6.45, 7) is 5.27. The lowest BCUT2D eigenvalue weighted by atomic mass is 9.80. The summed E-state index contributed by atoms with van der Waals surface area (Å²) in [7, 11) is -1.55. The lowest BCUT2D eigenvalue weighted by Gasteiger charge is -2.16. The number of carbonyl (C=O) groups is 1. The van der Waals surface area contributed by atoms with Crippen molar-refractivity contribution in [2.45, 2.75) is 26.4 Å². The molecule has 0 amide bonds. The fourth-order valence-electron chi connectivity index (χ4n) is 1.00. The SMILES string of the molecule is CC(C)(C)OOC(=O)c1ccc(B(O)O)cc1. The maximum atomic E-state index is 11.5. The van der Waals surface area contributed by atoms with E-state index in [9.17, 15) is 4.79 Å². The first-order chi connectivity index (χ1) is 7.79. The summed E-state index contributed by atoms with van der Waals surface area (Å²) in [6.07, 6.45) is 0. The number of rotatable bonds is 3. The second kappa shape index (κ2) is 5.31. The van der Waals surface area contributed by atoms with Crippen molar-refractivity contribution in [1.29, 1.82) is 0 Å². The van der Waals surface area contributed by atoms with Crippen molar-refractivity contribution in [3.63, 3.8) is 0 Å². The molecular formula is C11H15BO5. The molecule has 1 aromatic carbocycles. The first kappa shape index (κ1) is 13.7. The summed E-state index contributed by atoms with van der Waals surface area (Å²) in [4.78, 5) is 21.0. The fraction of sp³-hybridized carbons (Fsp3) is 0.364. The number of benzene rings is 1. The van der Waals surface area contributed by atoms with Gasteiger partial charge < -0.3 is 10.0 Å².